The van der Waals surface area contributed by atoms with Crippen LogP contribution in [-0.4, -0.2) is 40.5 Å². The van der Waals surface area contributed by atoms with Gasteiger partial charge in [0.15, 0.2) is 0 Å². The topological polar surface area (TPSA) is 92.8 Å². The number of benzene rings is 1. The molecular weight excluding hydrogens is 334 g/mol. The summed E-state index contributed by atoms with van der Waals surface area (Å²) in [6.07, 6.45) is 1.80. The number of pyridine rings is 1. The molecule has 132 valence electrons. The first-order valence-corrected chi connectivity index (χ1v) is 8.36. The number of nitro benzene ring substituents is 1. The van der Waals surface area contributed by atoms with Gasteiger partial charge >= 0.3 is 0 Å². The van der Waals surface area contributed by atoms with Crippen molar-refractivity contribution in [1.82, 2.24) is 14.7 Å². The van der Waals surface area contributed by atoms with E-state index in [-0.39, 0.29) is 11.2 Å². The first kappa shape index (κ1) is 16.2. The van der Waals surface area contributed by atoms with Crippen LogP contribution in [0, 0.1) is 10.1 Å². The number of fused-ring (bicyclic) bond motifs is 1. The molecular formula is C18H17N5O3. The molecule has 1 saturated heterocycles. The standard InChI is InChI=1S/C18H17N5O3/c24-18-11-16(13-2-1-3-14(10-13)23(25)26)20-17-5-4-15(12-22(17)18)21-8-6-19-7-9-21/h1-5,10-12,19H,6-9H2. The Morgan fingerprint density at radius 1 is 1.12 bits per heavy atom. The van der Waals surface area contributed by atoms with E-state index < -0.39 is 4.92 Å². The minimum atomic E-state index is -0.461. The van der Waals surface area contributed by atoms with E-state index in [1.165, 1.54) is 22.6 Å². The van der Waals surface area contributed by atoms with Gasteiger partial charge in [0, 0.05) is 56.1 Å². The van der Waals surface area contributed by atoms with Gasteiger partial charge in [-0.15, -0.1) is 0 Å². The summed E-state index contributed by atoms with van der Waals surface area (Å²) in [6, 6.07) is 11.3. The Morgan fingerprint density at radius 3 is 2.69 bits per heavy atom. The summed E-state index contributed by atoms with van der Waals surface area (Å²) >= 11 is 0. The molecule has 0 bridgehead atoms. The molecule has 0 saturated carbocycles. The summed E-state index contributed by atoms with van der Waals surface area (Å²) in [7, 11) is 0. The zero-order valence-electron chi connectivity index (χ0n) is 14.0. The molecule has 8 heteroatoms. The van der Waals surface area contributed by atoms with E-state index in [0.717, 1.165) is 31.9 Å². The molecule has 1 fully saturated rings. The number of nitrogens with one attached hydrogen (secondary N) is 1. The van der Waals surface area contributed by atoms with E-state index >= 15 is 0 Å². The normalized spacial score (nSPS) is 14.5. The van der Waals surface area contributed by atoms with Crippen molar-refractivity contribution in [2.45, 2.75) is 0 Å². The first-order chi connectivity index (χ1) is 12.6. The molecule has 0 unspecified atom stereocenters. The molecule has 1 aliphatic heterocycles. The van der Waals surface area contributed by atoms with Gasteiger partial charge in [-0.3, -0.25) is 19.3 Å². The second kappa shape index (κ2) is 6.57. The maximum absolute atomic E-state index is 12.6. The lowest BCUT2D eigenvalue weighted by Crippen LogP contribution is -2.43. The molecule has 3 aromatic rings. The lowest BCUT2D eigenvalue weighted by atomic mass is 10.1. The van der Waals surface area contributed by atoms with Crippen LogP contribution in [0.5, 0.6) is 0 Å². The Balaban J connectivity index is 1.76. The molecule has 1 aromatic carbocycles. The Kier molecular flexibility index (Phi) is 4.10. The average Bonchev–Trinajstić information content (AvgIpc) is 2.68. The fourth-order valence-corrected chi connectivity index (χ4v) is 3.13. The van der Waals surface area contributed by atoms with E-state index in [4.69, 9.17) is 0 Å². The lowest BCUT2D eigenvalue weighted by molar-refractivity contribution is -0.384. The molecule has 4 rings (SSSR count). The van der Waals surface area contributed by atoms with Crippen LogP contribution in [-0.2, 0) is 0 Å². The number of rotatable bonds is 3. The minimum absolute atomic E-state index is 0.0291. The molecule has 3 heterocycles. The van der Waals surface area contributed by atoms with E-state index in [2.05, 4.69) is 15.2 Å². The fraction of sp³-hybridized carbons (Fsp3) is 0.222. The number of nitro groups is 1. The van der Waals surface area contributed by atoms with Gasteiger partial charge in [0.25, 0.3) is 11.2 Å². The summed E-state index contributed by atoms with van der Waals surface area (Å²) in [5, 5.41) is 14.3. The highest BCUT2D eigenvalue weighted by Gasteiger charge is 2.13. The van der Waals surface area contributed by atoms with Crippen LogP contribution in [0.3, 0.4) is 0 Å². The number of hydrogen-bond acceptors (Lipinski definition) is 6. The van der Waals surface area contributed by atoms with Gasteiger partial charge < -0.3 is 10.2 Å². The number of aromatic nitrogens is 2. The molecule has 1 N–H and O–H groups in total. The first-order valence-electron chi connectivity index (χ1n) is 8.36. The largest absolute Gasteiger partial charge is 0.368 e. The van der Waals surface area contributed by atoms with Gasteiger partial charge in [0.2, 0.25) is 0 Å². The number of nitrogens with zero attached hydrogens (tertiary/aromatic N) is 4. The van der Waals surface area contributed by atoms with Gasteiger partial charge in [0.1, 0.15) is 5.65 Å². The maximum atomic E-state index is 12.6. The number of anilines is 1. The molecule has 2 aromatic heterocycles. The van der Waals surface area contributed by atoms with Crippen molar-refractivity contribution < 1.29 is 4.92 Å². The molecule has 0 radical (unpaired) electrons. The second-order valence-electron chi connectivity index (χ2n) is 6.14. The molecule has 8 nitrogen and oxygen atoms in total. The van der Waals surface area contributed by atoms with Gasteiger partial charge in [-0.05, 0) is 12.1 Å². The highest BCUT2D eigenvalue weighted by molar-refractivity contribution is 5.65. The molecule has 0 aliphatic carbocycles. The third-order valence-electron chi connectivity index (χ3n) is 4.48. The van der Waals surface area contributed by atoms with Crippen LogP contribution in [0.15, 0.2) is 53.5 Å². The second-order valence-corrected chi connectivity index (χ2v) is 6.14. The zero-order chi connectivity index (χ0) is 18.1. The highest BCUT2D eigenvalue weighted by Crippen LogP contribution is 2.22. The van der Waals surface area contributed by atoms with Crippen molar-refractivity contribution in [2.75, 3.05) is 31.1 Å². The van der Waals surface area contributed by atoms with Crippen LogP contribution in [0.4, 0.5) is 11.4 Å². The molecule has 0 spiro atoms. The van der Waals surface area contributed by atoms with Crippen molar-refractivity contribution in [3.8, 4) is 11.3 Å². The Labute approximate surface area is 148 Å². The van der Waals surface area contributed by atoms with Crippen LogP contribution >= 0.6 is 0 Å². The van der Waals surface area contributed by atoms with Crippen molar-refractivity contribution in [2.24, 2.45) is 0 Å². The molecule has 1 aliphatic rings. The average molecular weight is 351 g/mol. The van der Waals surface area contributed by atoms with Crippen LogP contribution in [0.2, 0.25) is 0 Å². The van der Waals surface area contributed by atoms with Crippen molar-refractivity contribution in [1.29, 1.82) is 0 Å². The Bertz CT molecular complexity index is 1040. The Hall–Kier alpha value is -3.26. The van der Waals surface area contributed by atoms with E-state index in [1.807, 2.05) is 6.07 Å². The predicted molar refractivity (Wildman–Crippen MR) is 98.6 cm³/mol. The van der Waals surface area contributed by atoms with E-state index in [0.29, 0.717) is 16.9 Å². The summed E-state index contributed by atoms with van der Waals surface area (Å²) in [6.45, 7) is 3.60. The van der Waals surface area contributed by atoms with Crippen LogP contribution in [0.1, 0.15) is 0 Å². The summed E-state index contributed by atoms with van der Waals surface area (Å²) in [5.41, 5.74) is 2.22. The van der Waals surface area contributed by atoms with Gasteiger partial charge in [-0.25, -0.2) is 4.98 Å². The smallest absolute Gasteiger partial charge is 0.270 e. The monoisotopic (exact) mass is 351 g/mol. The van der Waals surface area contributed by atoms with Crippen LogP contribution in [0.25, 0.3) is 16.9 Å². The van der Waals surface area contributed by atoms with Crippen LogP contribution < -0.4 is 15.8 Å². The fourth-order valence-electron chi connectivity index (χ4n) is 3.13. The van der Waals surface area contributed by atoms with Gasteiger partial charge in [-0.1, -0.05) is 12.1 Å². The summed E-state index contributed by atoms with van der Waals surface area (Å²) < 4.78 is 1.51. The third-order valence-corrected chi connectivity index (χ3v) is 4.48. The van der Waals surface area contributed by atoms with Gasteiger partial charge in [0.05, 0.1) is 16.3 Å². The molecule has 0 atom stereocenters. The minimum Gasteiger partial charge on any atom is -0.368 e. The van der Waals surface area contributed by atoms with Crippen molar-refractivity contribution >= 4 is 17.0 Å². The lowest BCUT2D eigenvalue weighted by Gasteiger charge is -2.29. The summed E-state index contributed by atoms with van der Waals surface area (Å²) in [5.74, 6) is 0. The SMILES string of the molecule is O=c1cc(-c2cccc([N+](=O)[O-])c2)nc2ccc(N3CCNCC3)cn12. The van der Waals surface area contributed by atoms with E-state index in [9.17, 15) is 14.9 Å². The van der Waals surface area contributed by atoms with E-state index in [1.54, 1.807) is 24.4 Å². The van der Waals surface area contributed by atoms with Crippen molar-refractivity contribution in [3.63, 3.8) is 0 Å². The Morgan fingerprint density at radius 2 is 1.92 bits per heavy atom. The van der Waals surface area contributed by atoms with Gasteiger partial charge in [-0.2, -0.15) is 0 Å². The number of hydrogen-bond donors (Lipinski definition) is 1. The molecule has 26 heavy (non-hydrogen) atoms. The summed E-state index contributed by atoms with van der Waals surface area (Å²) in [4.78, 5) is 29.8. The molecule has 0 amide bonds. The highest BCUT2D eigenvalue weighted by atomic mass is 16.6. The predicted octanol–water partition coefficient (Wildman–Crippen LogP) is 1.68. The maximum Gasteiger partial charge on any atom is 0.270 e. The zero-order valence-corrected chi connectivity index (χ0v) is 14.0. The number of non-ortho nitro benzene ring substituents is 1. The third kappa shape index (κ3) is 3.02. The quantitative estimate of drug-likeness (QED) is 0.570. The number of piperazine rings is 1. The van der Waals surface area contributed by atoms with Crippen molar-refractivity contribution in [3.05, 3.63) is 69.1 Å².